The van der Waals surface area contributed by atoms with Crippen LogP contribution in [0.5, 0.6) is 0 Å². The van der Waals surface area contributed by atoms with E-state index in [4.69, 9.17) is 0 Å². The summed E-state index contributed by atoms with van der Waals surface area (Å²) in [4.78, 5) is 14.0. The molecule has 1 aliphatic rings. The van der Waals surface area contributed by atoms with Gasteiger partial charge in [-0.25, -0.2) is 0 Å². The van der Waals surface area contributed by atoms with Crippen molar-refractivity contribution in [1.29, 1.82) is 0 Å². The zero-order chi connectivity index (χ0) is 13.2. The minimum Gasteiger partial charge on any atom is -0.366 e. The van der Waals surface area contributed by atoms with Crippen molar-refractivity contribution in [3.8, 4) is 0 Å². The molecule has 2 nitrogen and oxygen atoms in total. The Bertz CT molecular complexity index is 618. The van der Waals surface area contributed by atoms with Crippen molar-refractivity contribution in [2.24, 2.45) is 0 Å². The third-order valence-corrected chi connectivity index (χ3v) is 3.75. The topological polar surface area (TPSA) is 20.3 Å². The summed E-state index contributed by atoms with van der Waals surface area (Å²) < 4.78 is 0. The first-order chi connectivity index (χ1) is 9.25. The lowest BCUT2D eigenvalue weighted by Gasteiger charge is -2.31. The molecule has 96 valence electrons. The molecule has 1 aliphatic heterocycles. The molecule has 0 amide bonds. The molecule has 0 spiro atoms. The van der Waals surface area contributed by atoms with Crippen LogP contribution in [0.1, 0.15) is 28.4 Å². The van der Waals surface area contributed by atoms with Crippen LogP contribution in [-0.2, 0) is 13.0 Å². The van der Waals surface area contributed by atoms with E-state index in [9.17, 15) is 4.79 Å². The van der Waals surface area contributed by atoms with Gasteiger partial charge in [-0.05, 0) is 36.6 Å². The van der Waals surface area contributed by atoms with Crippen LogP contribution in [0.15, 0.2) is 48.5 Å². The number of rotatable bonds is 2. The van der Waals surface area contributed by atoms with Crippen molar-refractivity contribution < 1.29 is 4.79 Å². The van der Waals surface area contributed by atoms with E-state index < -0.39 is 0 Å². The number of carbonyl (C=O) groups excluding carboxylic acids is 1. The normalized spacial score (nSPS) is 14.1. The van der Waals surface area contributed by atoms with Crippen molar-refractivity contribution in [1.82, 2.24) is 0 Å². The number of Topliss-reactive ketones (excluding diaryl/α,β-unsaturated/α-hetero) is 1. The summed E-state index contributed by atoms with van der Waals surface area (Å²) >= 11 is 0. The molecular formula is C17H17NO. The minimum atomic E-state index is 0.134. The summed E-state index contributed by atoms with van der Waals surface area (Å²) in [5.74, 6) is 0.134. The Morgan fingerprint density at radius 2 is 1.68 bits per heavy atom. The van der Waals surface area contributed by atoms with Gasteiger partial charge >= 0.3 is 0 Å². The molecule has 0 N–H and O–H groups in total. The standard InChI is InChI=1S/C17H17NO/c1-13(19)16-8-4-5-9-17(16)18-11-10-14-6-2-3-7-15(14)12-18/h2-9H,10-12H2,1H3. The fourth-order valence-electron chi connectivity index (χ4n) is 2.75. The van der Waals surface area contributed by atoms with Crippen molar-refractivity contribution in [2.45, 2.75) is 19.9 Å². The zero-order valence-corrected chi connectivity index (χ0v) is 11.1. The van der Waals surface area contributed by atoms with Gasteiger partial charge in [0.1, 0.15) is 0 Å². The van der Waals surface area contributed by atoms with Crippen LogP contribution in [0, 0.1) is 0 Å². The van der Waals surface area contributed by atoms with E-state index >= 15 is 0 Å². The van der Waals surface area contributed by atoms with Crippen LogP contribution >= 0.6 is 0 Å². The molecule has 2 aromatic rings. The molecule has 2 heteroatoms. The van der Waals surface area contributed by atoms with E-state index in [1.807, 2.05) is 24.3 Å². The lowest BCUT2D eigenvalue weighted by Crippen LogP contribution is -2.31. The van der Waals surface area contributed by atoms with Crippen LogP contribution in [-0.4, -0.2) is 12.3 Å². The monoisotopic (exact) mass is 251 g/mol. The van der Waals surface area contributed by atoms with Gasteiger partial charge in [-0.3, -0.25) is 4.79 Å². The highest BCUT2D eigenvalue weighted by atomic mass is 16.1. The lowest BCUT2D eigenvalue weighted by atomic mass is 9.98. The van der Waals surface area contributed by atoms with Gasteiger partial charge in [0.25, 0.3) is 0 Å². The van der Waals surface area contributed by atoms with Crippen LogP contribution in [0.25, 0.3) is 0 Å². The molecule has 0 unspecified atom stereocenters. The van der Waals surface area contributed by atoms with Gasteiger partial charge in [0.05, 0.1) is 0 Å². The molecule has 0 fully saturated rings. The number of fused-ring (bicyclic) bond motifs is 1. The Morgan fingerprint density at radius 1 is 1.00 bits per heavy atom. The van der Waals surface area contributed by atoms with E-state index in [1.54, 1.807) is 6.92 Å². The SMILES string of the molecule is CC(=O)c1ccccc1N1CCc2ccccc2C1. The first-order valence-corrected chi connectivity index (χ1v) is 6.67. The minimum absolute atomic E-state index is 0.134. The lowest BCUT2D eigenvalue weighted by molar-refractivity contribution is 0.101. The Balaban J connectivity index is 1.95. The molecular weight excluding hydrogens is 234 g/mol. The number of anilines is 1. The van der Waals surface area contributed by atoms with Crippen molar-refractivity contribution in [3.05, 3.63) is 65.2 Å². The maximum Gasteiger partial charge on any atom is 0.161 e. The van der Waals surface area contributed by atoms with E-state index in [0.717, 1.165) is 30.8 Å². The molecule has 0 aliphatic carbocycles. The number of nitrogens with zero attached hydrogens (tertiary/aromatic N) is 1. The van der Waals surface area contributed by atoms with Crippen molar-refractivity contribution in [3.63, 3.8) is 0 Å². The molecule has 0 atom stereocenters. The fraction of sp³-hybridized carbons (Fsp3) is 0.235. The maximum absolute atomic E-state index is 11.7. The van der Waals surface area contributed by atoms with Crippen LogP contribution in [0.3, 0.4) is 0 Å². The largest absolute Gasteiger partial charge is 0.366 e. The third kappa shape index (κ3) is 2.26. The van der Waals surface area contributed by atoms with Crippen LogP contribution in [0.2, 0.25) is 0 Å². The zero-order valence-electron chi connectivity index (χ0n) is 11.1. The van der Waals surface area contributed by atoms with Crippen LogP contribution < -0.4 is 4.90 Å². The van der Waals surface area contributed by atoms with Gasteiger partial charge < -0.3 is 4.90 Å². The second kappa shape index (κ2) is 4.88. The van der Waals surface area contributed by atoms with E-state index in [-0.39, 0.29) is 5.78 Å². The van der Waals surface area contributed by atoms with Gasteiger partial charge in [-0.2, -0.15) is 0 Å². The molecule has 0 bridgehead atoms. The van der Waals surface area contributed by atoms with E-state index in [1.165, 1.54) is 11.1 Å². The number of ketones is 1. The Kier molecular flexibility index (Phi) is 3.08. The number of carbonyl (C=O) groups is 1. The van der Waals surface area contributed by atoms with Gasteiger partial charge in [-0.1, -0.05) is 36.4 Å². The molecule has 0 saturated heterocycles. The Labute approximate surface area is 113 Å². The number of benzene rings is 2. The highest BCUT2D eigenvalue weighted by Crippen LogP contribution is 2.27. The first kappa shape index (κ1) is 12.0. The Morgan fingerprint density at radius 3 is 2.47 bits per heavy atom. The highest BCUT2D eigenvalue weighted by Gasteiger charge is 2.19. The summed E-state index contributed by atoms with van der Waals surface area (Å²) in [6.45, 7) is 3.50. The van der Waals surface area contributed by atoms with E-state index in [0.29, 0.717) is 0 Å². The summed E-state index contributed by atoms with van der Waals surface area (Å²) in [5, 5.41) is 0. The molecule has 1 heterocycles. The highest BCUT2D eigenvalue weighted by molar-refractivity contribution is 5.99. The van der Waals surface area contributed by atoms with Gasteiger partial charge in [-0.15, -0.1) is 0 Å². The molecule has 0 radical (unpaired) electrons. The molecule has 19 heavy (non-hydrogen) atoms. The fourth-order valence-corrected chi connectivity index (χ4v) is 2.75. The number of hydrogen-bond donors (Lipinski definition) is 0. The molecule has 2 aromatic carbocycles. The summed E-state index contributed by atoms with van der Waals surface area (Å²) in [5.41, 5.74) is 4.68. The summed E-state index contributed by atoms with van der Waals surface area (Å²) in [6, 6.07) is 16.4. The molecule has 0 saturated carbocycles. The number of hydrogen-bond acceptors (Lipinski definition) is 2. The van der Waals surface area contributed by atoms with Gasteiger partial charge in [0.2, 0.25) is 0 Å². The van der Waals surface area contributed by atoms with E-state index in [2.05, 4.69) is 29.2 Å². The second-order valence-electron chi connectivity index (χ2n) is 5.01. The van der Waals surface area contributed by atoms with Crippen molar-refractivity contribution in [2.75, 3.05) is 11.4 Å². The first-order valence-electron chi connectivity index (χ1n) is 6.67. The quantitative estimate of drug-likeness (QED) is 0.762. The summed E-state index contributed by atoms with van der Waals surface area (Å²) in [6.07, 6.45) is 1.04. The Hall–Kier alpha value is -2.09. The van der Waals surface area contributed by atoms with Crippen molar-refractivity contribution >= 4 is 11.5 Å². The molecule has 0 aromatic heterocycles. The van der Waals surface area contributed by atoms with Gasteiger partial charge in [0, 0.05) is 24.3 Å². The summed E-state index contributed by atoms with van der Waals surface area (Å²) in [7, 11) is 0. The third-order valence-electron chi connectivity index (χ3n) is 3.75. The average molecular weight is 251 g/mol. The predicted molar refractivity (Wildman–Crippen MR) is 77.6 cm³/mol. The molecule has 3 rings (SSSR count). The average Bonchev–Trinajstić information content (AvgIpc) is 2.46. The predicted octanol–water partition coefficient (Wildman–Crippen LogP) is 3.45. The van der Waals surface area contributed by atoms with Gasteiger partial charge in [0.15, 0.2) is 5.78 Å². The second-order valence-corrected chi connectivity index (χ2v) is 5.01. The van der Waals surface area contributed by atoms with Crippen LogP contribution in [0.4, 0.5) is 5.69 Å². The number of para-hydroxylation sites is 1. The maximum atomic E-state index is 11.7. The smallest absolute Gasteiger partial charge is 0.161 e.